The Hall–Kier alpha value is -1.31. The highest BCUT2D eigenvalue weighted by Crippen LogP contribution is 2.12. The van der Waals surface area contributed by atoms with Crippen molar-refractivity contribution in [2.45, 2.75) is 13.3 Å². The van der Waals surface area contributed by atoms with Gasteiger partial charge in [-0.2, -0.15) is 0 Å². The van der Waals surface area contributed by atoms with Crippen molar-refractivity contribution >= 4 is 5.71 Å². The topological polar surface area (TPSA) is 24.4 Å². The van der Waals surface area contributed by atoms with Gasteiger partial charge in [0.05, 0.1) is 0 Å². The molecule has 0 saturated carbocycles. The second kappa shape index (κ2) is 2.38. The van der Waals surface area contributed by atoms with Crippen LogP contribution in [0.1, 0.15) is 13.3 Å². The predicted octanol–water partition coefficient (Wildman–Crippen LogP) is 1.74. The van der Waals surface area contributed by atoms with E-state index < -0.39 is 0 Å². The van der Waals surface area contributed by atoms with Gasteiger partial charge in [-0.25, -0.2) is 0 Å². The first-order valence-electron chi connectivity index (χ1n) is 3.72. The number of fused-ring (bicyclic) bond motifs is 2. The molecule has 2 aliphatic heterocycles. The van der Waals surface area contributed by atoms with Crippen LogP contribution in [0.25, 0.3) is 0 Å². The Balaban J connectivity index is 2.32. The van der Waals surface area contributed by atoms with Crippen molar-refractivity contribution in [3.8, 4) is 0 Å². The molecule has 0 radical (unpaired) electrons. The zero-order valence-corrected chi connectivity index (χ0v) is 6.46. The lowest BCUT2D eigenvalue weighted by Gasteiger charge is -2.04. The minimum absolute atomic E-state index is 0.945. The highest BCUT2D eigenvalue weighted by molar-refractivity contribution is 5.99. The third-order valence-corrected chi connectivity index (χ3v) is 1.78. The predicted molar refractivity (Wildman–Crippen MR) is 46.2 cm³/mol. The molecule has 2 aliphatic rings. The van der Waals surface area contributed by atoms with Crippen LogP contribution in [0, 0.1) is 0 Å². The zero-order valence-electron chi connectivity index (χ0n) is 6.46. The molecule has 0 amide bonds. The molecule has 0 aromatic heterocycles. The molecule has 2 nitrogen and oxygen atoms in total. The van der Waals surface area contributed by atoms with Crippen molar-refractivity contribution in [3.05, 3.63) is 35.8 Å². The lowest BCUT2D eigenvalue weighted by Crippen LogP contribution is -2.07. The van der Waals surface area contributed by atoms with Crippen molar-refractivity contribution in [1.29, 1.82) is 0 Å². The molecule has 2 heterocycles. The SMILES string of the molecule is CC1=CNC2=CN=C(C=C1)C2. The van der Waals surface area contributed by atoms with E-state index >= 15 is 0 Å². The van der Waals surface area contributed by atoms with Crippen LogP contribution in [0.4, 0.5) is 0 Å². The first kappa shape index (κ1) is 6.40. The summed E-state index contributed by atoms with van der Waals surface area (Å²) in [6, 6.07) is 0. The number of aliphatic imine (C=N–C) groups is 1. The van der Waals surface area contributed by atoms with Gasteiger partial charge in [-0.3, -0.25) is 4.99 Å². The van der Waals surface area contributed by atoms with Gasteiger partial charge in [0.2, 0.25) is 0 Å². The number of nitrogens with zero attached hydrogens (tertiary/aromatic N) is 1. The number of hydrogen-bond acceptors (Lipinski definition) is 2. The van der Waals surface area contributed by atoms with E-state index in [1.165, 1.54) is 11.3 Å². The second-order valence-electron chi connectivity index (χ2n) is 2.82. The molecule has 0 saturated heterocycles. The molecule has 0 aromatic rings. The highest BCUT2D eigenvalue weighted by Gasteiger charge is 2.07. The fraction of sp³-hybridized carbons (Fsp3) is 0.222. The van der Waals surface area contributed by atoms with Gasteiger partial charge in [0, 0.05) is 30.2 Å². The van der Waals surface area contributed by atoms with Gasteiger partial charge in [0.1, 0.15) is 0 Å². The maximum absolute atomic E-state index is 4.22. The van der Waals surface area contributed by atoms with E-state index in [9.17, 15) is 0 Å². The van der Waals surface area contributed by atoms with Gasteiger partial charge in [-0.1, -0.05) is 6.08 Å². The molecule has 0 aliphatic carbocycles. The first-order valence-corrected chi connectivity index (χ1v) is 3.72. The van der Waals surface area contributed by atoms with Crippen LogP contribution in [0.5, 0.6) is 0 Å². The minimum Gasteiger partial charge on any atom is -0.363 e. The molecule has 1 N–H and O–H groups in total. The lowest BCUT2D eigenvalue weighted by atomic mass is 10.1. The average molecular weight is 146 g/mol. The van der Waals surface area contributed by atoms with E-state index in [0.29, 0.717) is 0 Å². The largest absolute Gasteiger partial charge is 0.363 e. The summed E-state index contributed by atoms with van der Waals surface area (Å²) >= 11 is 0. The Morgan fingerprint density at radius 3 is 3.27 bits per heavy atom. The molecule has 2 bridgehead atoms. The maximum atomic E-state index is 4.22. The molecule has 2 rings (SSSR count). The van der Waals surface area contributed by atoms with Gasteiger partial charge in [0.25, 0.3) is 0 Å². The Morgan fingerprint density at radius 2 is 2.36 bits per heavy atom. The summed E-state index contributed by atoms with van der Waals surface area (Å²) in [6.07, 6.45) is 8.97. The summed E-state index contributed by atoms with van der Waals surface area (Å²) in [6.45, 7) is 2.06. The van der Waals surface area contributed by atoms with Gasteiger partial charge >= 0.3 is 0 Å². The number of rotatable bonds is 0. The fourth-order valence-electron chi connectivity index (χ4n) is 1.12. The molecule has 0 unspecified atom stereocenters. The molecule has 0 aromatic carbocycles. The minimum atomic E-state index is 0.945. The van der Waals surface area contributed by atoms with Gasteiger partial charge in [-0.05, 0) is 18.6 Å². The van der Waals surface area contributed by atoms with E-state index in [0.717, 1.165) is 12.1 Å². The molecule has 0 fully saturated rings. The quantitative estimate of drug-likeness (QED) is 0.553. The van der Waals surface area contributed by atoms with E-state index in [1.54, 1.807) is 0 Å². The molecule has 11 heavy (non-hydrogen) atoms. The Bertz CT molecular complexity index is 293. The molecule has 56 valence electrons. The highest BCUT2D eigenvalue weighted by atomic mass is 14.9. The van der Waals surface area contributed by atoms with E-state index in [1.807, 2.05) is 12.4 Å². The van der Waals surface area contributed by atoms with Gasteiger partial charge in [-0.15, -0.1) is 0 Å². The molecule has 0 atom stereocenters. The Labute approximate surface area is 66.0 Å². The van der Waals surface area contributed by atoms with E-state index in [-0.39, 0.29) is 0 Å². The average Bonchev–Trinajstić information content (AvgIpc) is 2.43. The normalized spacial score (nSPS) is 21.0. The smallest absolute Gasteiger partial charge is 0.0468 e. The summed E-state index contributed by atoms with van der Waals surface area (Å²) in [5, 5.41) is 3.20. The third kappa shape index (κ3) is 1.24. The lowest BCUT2D eigenvalue weighted by molar-refractivity contribution is 1.01. The summed E-state index contributed by atoms with van der Waals surface area (Å²) in [5.41, 5.74) is 3.55. The zero-order chi connectivity index (χ0) is 7.68. The summed E-state index contributed by atoms with van der Waals surface area (Å²) < 4.78 is 0. The third-order valence-electron chi connectivity index (χ3n) is 1.78. The molecular weight excluding hydrogens is 136 g/mol. The summed E-state index contributed by atoms with van der Waals surface area (Å²) in [4.78, 5) is 4.22. The van der Waals surface area contributed by atoms with Crippen LogP contribution >= 0.6 is 0 Å². The molecule has 2 heteroatoms. The van der Waals surface area contributed by atoms with Gasteiger partial charge in [0.15, 0.2) is 0 Å². The Kier molecular flexibility index (Phi) is 1.39. The van der Waals surface area contributed by atoms with Crippen LogP contribution in [-0.4, -0.2) is 5.71 Å². The van der Waals surface area contributed by atoms with Crippen LogP contribution in [0.2, 0.25) is 0 Å². The first-order chi connectivity index (χ1) is 5.34. The fourth-order valence-corrected chi connectivity index (χ4v) is 1.12. The van der Waals surface area contributed by atoms with Crippen LogP contribution < -0.4 is 5.32 Å². The monoisotopic (exact) mass is 146 g/mol. The van der Waals surface area contributed by atoms with Crippen molar-refractivity contribution < 1.29 is 0 Å². The summed E-state index contributed by atoms with van der Waals surface area (Å²) in [5.74, 6) is 0. The van der Waals surface area contributed by atoms with Crippen LogP contribution in [0.3, 0.4) is 0 Å². The van der Waals surface area contributed by atoms with Crippen molar-refractivity contribution in [2.75, 3.05) is 0 Å². The number of nitrogens with one attached hydrogen (secondary N) is 1. The molecular formula is C9H10N2. The number of hydrogen-bond donors (Lipinski definition) is 1. The van der Waals surface area contributed by atoms with Crippen molar-refractivity contribution in [2.24, 2.45) is 4.99 Å². The van der Waals surface area contributed by atoms with Crippen LogP contribution in [0.15, 0.2) is 40.8 Å². The Morgan fingerprint density at radius 1 is 1.45 bits per heavy atom. The van der Waals surface area contributed by atoms with Gasteiger partial charge < -0.3 is 5.32 Å². The molecule has 0 spiro atoms. The second-order valence-corrected chi connectivity index (χ2v) is 2.82. The summed E-state index contributed by atoms with van der Waals surface area (Å²) in [7, 11) is 0. The van der Waals surface area contributed by atoms with Crippen molar-refractivity contribution in [1.82, 2.24) is 5.32 Å². The number of allylic oxidation sites excluding steroid dienone is 4. The van der Waals surface area contributed by atoms with E-state index in [4.69, 9.17) is 0 Å². The van der Waals surface area contributed by atoms with Crippen LogP contribution in [-0.2, 0) is 0 Å². The van der Waals surface area contributed by atoms with E-state index in [2.05, 4.69) is 29.4 Å². The standard InChI is InChI=1S/C9H10N2/c1-7-2-3-8-4-9(6-11-8)10-5-7/h2-3,5-6,10H,4H2,1H3. The van der Waals surface area contributed by atoms with Crippen molar-refractivity contribution in [3.63, 3.8) is 0 Å². The maximum Gasteiger partial charge on any atom is 0.0468 e.